The Bertz CT molecular complexity index is 1010. The number of methoxy groups -OCH3 is 2. The van der Waals surface area contributed by atoms with E-state index in [1.165, 1.54) is 29.9 Å². The Labute approximate surface area is 177 Å². The molecular weight excluding hydrogens is 406 g/mol. The molecule has 2 aromatic heterocycles. The van der Waals surface area contributed by atoms with Gasteiger partial charge in [0.2, 0.25) is 5.91 Å². The van der Waals surface area contributed by atoms with Crippen molar-refractivity contribution in [2.75, 3.05) is 26.1 Å². The summed E-state index contributed by atoms with van der Waals surface area (Å²) < 4.78 is 10.5. The number of carbonyl (C=O) groups is 2. The summed E-state index contributed by atoms with van der Waals surface area (Å²) in [6.07, 6.45) is 5.08. The molecule has 0 radical (unpaired) electrons. The van der Waals surface area contributed by atoms with Crippen LogP contribution >= 0.6 is 11.3 Å². The molecule has 0 saturated heterocycles. The number of benzene rings is 1. The van der Waals surface area contributed by atoms with E-state index >= 15 is 0 Å². The van der Waals surface area contributed by atoms with Crippen LogP contribution in [-0.2, 0) is 17.6 Å². The van der Waals surface area contributed by atoms with Gasteiger partial charge in [-0.15, -0.1) is 11.3 Å². The van der Waals surface area contributed by atoms with Crippen LogP contribution in [0.15, 0.2) is 42.2 Å². The van der Waals surface area contributed by atoms with Gasteiger partial charge in [0.25, 0.3) is 5.91 Å². The number of ether oxygens (including phenoxy) is 2. The minimum absolute atomic E-state index is 0.128. The highest BCUT2D eigenvalue weighted by Crippen LogP contribution is 2.27. The summed E-state index contributed by atoms with van der Waals surface area (Å²) in [5.74, 6) is 0.770. The zero-order valence-electron chi connectivity index (χ0n) is 16.5. The second-order valence-corrected chi connectivity index (χ2v) is 7.01. The lowest BCUT2D eigenvalue weighted by molar-refractivity contribution is -0.120. The SMILES string of the molecule is COc1ccc(CCNC(=O)Cc2csc(NC(=O)c3cnccn3)n2)cc1OC. The number of aromatic nitrogens is 3. The average molecular weight is 427 g/mol. The Hall–Kier alpha value is -3.53. The van der Waals surface area contributed by atoms with Crippen LogP contribution in [0.2, 0.25) is 0 Å². The van der Waals surface area contributed by atoms with Crippen LogP contribution in [0.1, 0.15) is 21.7 Å². The number of nitrogens with one attached hydrogen (secondary N) is 2. The van der Waals surface area contributed by atoms with Gasteiger partial charge in [-0.05, 0) is 24.1 Å². The van der Waals surface area contributed by atoms with Gasteiger partial charge in [0.1, 0.15) is 5.69 Å². The molecule has 0 fully saturated rings. The van der Waals surface area contributed by atoms with E-state index in [0.717, 1.165) is 5.56 Å². The van der Waals surface area contributed by atoms with E-state index in [0.29, 0.717) is 35.3 Å². The highest BCUT2D eigenvalue weighted by Gasteiger charge is 2.12. The summed E-state index contributed by atoms with van der Waals surface area (Å²) in [6.45, 7) is 0.481. The molecule has 2 heterocycles. The first-order valence-electron chi connectivity index (χ1n) is 9.08. The molecule has 0 bridgehead atoms. The van der Waals surface area contributed by atoms with E-state index in [9.17, 15) is 9.59 Å². The monoisotopic (exact) mass is 427 g/mol. The second-order valence-electron chi connectivity index (χ2n) is 6.15. The molecule has 10 heteroatoms. The van der Waals surface area contributed by atoms with Crippen molar-refractivity contribution >= 4 is 28.3 Å². The van der Waals surface area contributed by atoms with Gasteiger partial charge in [0, 0.05) is 24.3 Å². The molecule has 0 saturated carbocycles. The first-order valence-corrected chi connectivity index (χ1v) is 9.96. The maximum absolute atomic E-state index is 12.2. The number of thiazole rings is 1. The van der Waals surface area contributed by atoms with E-state index in [1.54, 1.807) is 19.6 Å². The Kier molecular flexibility index (Phi) is 7.28. The van der Waals surface area contributed by atoms with Crippen molar-refractivity contribution in [3.63, 3.8) is 0 Å². The van der Waals surface area contributed by atoms with Gasteiger partial charge in [0.15, 0.2) is 16.6 Å². The average Bonchev–Trinajstić information content (AvgIpc) is 3.20. The maximum Gasteiger partial charge on any atom is 0.277 e. The molecule has 9 nitrogen and oxygen atoms in total. The van der Waals surface area contributed by atoms with Crippen LogP contribution in [0, 0.1) is 0 Å². The van der Waals surface area contributed by atoms with Gasteiger partial charge in [-0.25, -0.2) is 9.97 Å². The number of rotatable bonds is 9. The summed E-state index contributed by atoms with van der Waals surface area (Å²) >= 11 is 1.25. The fourth-order valence-corrected chi connectivity index (χ4v) is 3.34. The molecule has 0 atom stereocenters. The summed E-state index contributed by atoms with van der Waals surface area (Å²) in [4.78, 5) is 36.3. The number of hydrogen-bond donors (Lipinski definition) is 2. The molecule has 0 spiro atoms. The third kappa shape index (κ3) is 5.74. The van der Waals surface area contributed by atoms with Crippen LogP contribution < -0.4 is 20.1 Å². The number of carbonyl (C=O) groups excluding carboxylic acids is 2. The van der Waals surface area contributed by atoms with Crippen LogP contribution in [0.5, 0.6) is 11.5 Å². The zero-order chi connectivity index (χ0) is 21.3. The van der Waals surface area contributed by atoms with E-state index in [-0.39, 0.29) is 18.0 Å². The molecule has 156 valence electrons. The lowest BCUT2D eigenvalue weighted by Gasteiger charge is -2.10. The molecule has 3 aromatic rings. The minimum atomic E-state index is -0.400. The molecule has 2 N–H and O–H groups in total. The smallest absolute Gasteiger partial charge is 0.277 e. The van der Waals surface area contributed by atoms with E-state index < -0.39 is 5.91 Å². The summed E-state index contributed by atoms with van der Waals surface area (Å²) in [6, 6.07) is 5.65. The van der Waals surface area contributed by atoms with Crippen molar-refractivity contribution in [3.8, 4) is 11.5 Å². The van der Waals surface area contributed by atoms with Crippen molar-refractivity contribution in [1.29, 1.82) is 0 Å². The van der Waals surface area contributed by atoms with Crippen molar-refractivity contribution in [2.24, 2.45) is 0 Å². The predicted octanol–water partition coefficient (Wildman–Crippen LogP) is 2.10. The van der Waals surface area contributed by atoms with Crippen LogP contribution in [0.25, 0.3) is 0 Å². The summed E-state index contributed by atoms with van der Waals surface area (Å²) in [7, 11) is 3.17. The van der Waals surface area contributed by atoms with Gasteiger partial charge in [0.05, 0.1) is 32.5 Å². The Balaban J connectivity index is 1.46. The van der Waals surface area contributed by atoms with E-state index in [4.69, 9.17) is 9.47 Å². The fraction of sp³-hybridized carbons (Fsp3) is 0.250. The van der Waals surface area contributed by atoms with E-state index in [2.05, 4.69) is 25.6 Å². The van der Waals surface area contributed by atoms with Crippen LogP contribution in [0.3, 0.4) is 0 Å². The number of amides is 2. The second kappa shape index (κ2) is 10.3. The largest absolute Gasteiger partial charge is 0.493 e. The molecule has 0 unspecified atom stereocenters. The van der Waals surface area contributed by atoms with Gasteiger partial charge in [-0.3, -0.25) is 19.9 Å². The number of hydrogen-bond acceptors (Lipinski definition) is 8. The first-order chi connectivity index (χ1) is 14.6. The minimum Gasteiger partial charge on any atom is -0.493 e. The van der Waals surface area contributed by atoms with Crippen LogP contribution in [-0.4, -0.2) is 47.5 Å². The molecule has 0 aliphatic heterocycles. The van der Waals surface area contributed by atoms with Crippen LogP contribution in [0.4, 0.5) is 5.13 Å². The highest BCUT2D eigenvalue weighted by molar-refractivity contribution is 7.14. The molecule has 1 aromatic carbocycles. The molecule has 3 rings (SSSR count). The lowest BCUT2D eigenvalue weighted by atomic mass is 10.1. The fourth-order valence-electron chi connectivity index (χ4n) is 2.63. The number of nitrogens with zero attached hydrogens (tertiary/aromatic N) is 3. The van der Waals surface area contributed by atoms with E-state index in [1.807, 2.05) is 18.2 Å². The number of anilines is 1. The summed E-state index contributed by atoms with van der Waals surface area (Å²) in [5, 5.41) is 7.66. The maximum atomic E-state index is 12.2. The third-order valence-corrected chi connectivity index (χ3v) is 4.90. The van der Waals surface area contributed by atoms with Crippen molar-refractivity contribution < 1.29 is 19.1 Å². The van der Waals surface area contributed by atoms with Gasteiger partial charge < -0.3 is 14.8 Å². The summed E-state index contributed by atoms with van der Waals surface area (Å²) in [5.41, 5.74) is 1.80. The third-order valence-electron chi connectivity index (χ3n) is 4.09. The topological polar surface area (TPSA) is 115 Å². The Morgan fingerprint density at radius 1 is 1.13 bits per heavy atom. The van der Waals surface area contributed by atoms with Gasteiger partial charge in [-0.1, -0.05) is 6.07 Å². The Morgan fingerprint density at radius 2 is 1.97 bits per heavy atom. The van der Waals surface area contributed by atoms with Crippen molar-refractivity contribution in [1.82, 2.24) is 20.3 Å². The molecule has 2 amide bonds. The van der Waals surface area contributed by atoms with Gasteiger partial charge >= 0.3 is 0 Å². The molecule has 0 aliphatic rings. The standard InChI is InChI=1S/C20H21N5O4S/c1-28-16-4-3-13(9-17(16)29-2)5-6-23-18(26)10-14-12-30-20(24-14)25-19(27)15-11-21-7-8-22-15/h3-4,7-9,11-12H,5-6,10H2,1-2H3,(H,23,26)(H,24,25,27). The molecule has 30 heavy (non-hydrogen) atoms. The zero-order valence-corrected chi connectivity index (χ0v) is 17.4. The quantitative estimate of drug-likeness (QED) is 0.537. The molecule has 0 aliphatic carbocycles. The highest BCUT2D eigenvalue weighted by atomic mass is 32.1. The van der Waals surface area contributed by atoms with Crippen molar-refractivity contribution in [3.05, 3.63) is 59.1 Å². The van der Waals surface area contributed by atoms with Gasteiger partial charge in [-0.2, -0.15) is 0 Å². The lowest BCUT2D eigenvalue weighted by Crippen LogP contribution is -2.27. The molecular formula is C20H21N5O4S. The first kappa shape index (κ1) is 21.2. The normalized spacial score (nSPS) is 10.3. The Morgan fingerprint density at radius 3 is 2.70 bits per heavy atom. The predicted molar refractivity (Wildman–Crippen MR) is 112 cm³/mol. The van der Waals surface area contributed by atoms with Crippen molar-refractivity contribution in [2.45, 2.75) is 12.8 Å².